The maximum atomic E-state index is 12.8. The number of hydrogen-bond acceptors (Lipinski definition) is 3. The summed E-state index contributed by atoms with van der Waals surface area (Å²) in [6.07, 6.45) is 3.43. The maximum Gasteiger partial charge on any atom is 0.125 e. The number of pyridine rings is 2. The number of hydrogen-bond donors (Lipinski definition) is 0. The second-order valence-corrected chi connectivity index (χ2v) is 20.6. The predicted molar refractivity (Wildman–Crippen MR) is 267 cm³/mol. The molecule has 5 aromatic carbocycles. The zero-order chi connectivity index (χ0) is 48.5. The third kappa shape index (κ3) is 8.56. The molecule has 1 radical (unpaired) electrons. The fourth-order valence-electron chi connectivity index (χ4n) is 9.38. The first kappa shape index (κ1) is 43.7. The first-order valence-electron chi connectivity index (χ1n) is 24.2. The van der Waals surface area contributed by atoms with Gasteiger partial charge in [-0.2, -0.15) is 0 Å². The maximum absolute atomic E-state index is 12.8. The third-order valence-corrected chi connectivity index (χ3v) is 13.9. The van der Waals surface area contributed by atoms with Crippen LogP contribution in [0.5, 0.6) is 0 Å². The monoisotopic (exact) mass is 1040 g/mol. The quantitative estimate of drug-likeness (QED) is 0.156. The number of furan rings is 1. The van der Waals surface area contributed by atoms with E-state index in [0.29, 0.717) is 22.8 Å². The van der Waals surface area contributed by atoms with E-state index in [9.17, 15) is 4.39 Å². The van der Waals surface area contributed by atoms with Crippen LogP contribution in [0.25, 0.3) is 66.7 Å². The van der Waals surface area contributed by atoms with E-state index in [1.165, 1.54) is 45.5 Å². The molecule has 0 unspecified atom stereocenters. The van der Waals surface area contributed by atoms with E-state index in [4.69, 9.17) is 13.5 Å². The van der Waals surface area contributed by atoms with Crippen LogP contribution in [0.3, 0.4) is 0 Å². The van der Waals surface area contributed by atoms with Crippen LogP contribution in [0.1, 0.15) is 151 Å². The molecule has 0 saturated carbocycles. The Hall–Kier alpha value is -5.22. The average molecular weight is 1040 g/mol. The SMILES string of the molecule is CC(C)(C)c1ccc(-c2[c-]cc(F)cc2)nc1.[2H]C([2H])([2H])c1cnc(-c2[c-]ccc3c2oc2c4c(ccc23)-c2ccccc2C(C)(C)C4(C)C)cc1-c1c(C(C)C)cc(C(C)C)cc1C(C)C.[Ir]. The van der Waals surface area contributed by atoms with E-state index in [1.807, 2.05) is 24.4 Å². The van der Waals surface area contributed by atoms with E-state index in [1.54, 1.807) is 12.3 Å². The number of nitrogens with zero attached hydrogens (tertiary/aromatic N) is 2. The minimum absolute atomic E-state index is 0. The molecule has 65 heavy (non-hydrogen) atoms. The summed E-state index contributed by atoms with van der Waals surface area (Å²) in [5.41, 5.74) is 16.1. The molecule has 0 atom stereocenters. The van der Waals surface area contributed by atoms with E-state index in [0.717, 1.165) is 49.9 Å². The standard InChI is InChI=1S/C45H48NO.C15H15FN.Ir/c1-25(2)29-21-35(26(3)4)40(36(22-29)27(5)6)37-23-39(46-24-28(37)7)34-17-14-16-32-33-20-19-31-30-15-12-13-18-38(30)44(8,9)45(10,11)41(31)43(33)47-42(32)34;1-15(2,3)12-6-9-14(17-10-12)11-4-7-13(16)8-5-11;/h12-16,18-27H,1-11H3;4,6-10H,1-3H3;/q2*-1;/i7D3;;. The Morgan fingerprint density at radius 2 is 1.35 bits per heavy atom. The van der Waals surface area contributed by atoms with E-state index >= 15 is 0 Å². The van der Waals surface area contributed by atoms with Crippen molar-refractivity contribution in [1.29, 1.82) is 0 Å². The first-order chi connectivity index (χ1) is 31.4. The summed E-state index contributed by atoms with van der Waals surface area (Å²) in [4.78, 5) is 9.23. The van der Waals surface area contributed by atoms with Gasteiger partial charge < -0.3 is 14.4 Å². The van der Waals surface area contributed by atoms with Crippen LogP contribution in [0.4, 0.5) is 4.39 Å². The summed E-state index contributed by atoms with van der Waals surface area (Å²) >= 11 is 0. The molecule has 0 N–H and O–H groups in total. The topological polar surface area (TPSA) is 38.9 Å². The molecule has 9 rings (SSSR count). The van der Waals surface area contributed by atoms with Crippen LogP contribution in [0, 0.1) is 24.8 Å². The molecule has 8 aromatic rings. The van der Waals surface area contributed by atoms with Gasteiger partial charge in [-0.3, -0.25) is 4.39 Å². The molecule has 0 fully saturated rings. The van der Waals surface area contributed by atoms with Gasteiger partial charge >= 0.3 is 0 Å². The molecule has 5 heteroatoms. The second-order valence-electron chi connectivity index (χ2n) is 20.6. The molecule has 3 heterocycles. The van der Waals surface area contributed by atoms with Gasteiger partial charge in [-0.15, -0.1) is 48.0 Å². The predicted octanol–water partition coefficient (Wildman–Crippen LogP) is 17.0. The van der Waals surface area contributed by atoms with Crippen molar-refractivity contribution in [2.75, 3.05) is 0 Å². The molecule has 0 aliphatic heterocycles. The molecule has 0 amide bonds. The fraction of sp³-hybridized carbons (Fsp3) is 0.333. The Morgan fingerprint density at radius 1 is 0.677 bits per heavy atom. The van der Waals surface area contributed by atoms with Crippen LogP contribution in [-0.2, 0) is 36.4 Å². The first-order valence-corrected chi connectivity index (χ1v) is 22.7. The Labute approximate surface area is 404 Å². The van der Waals surface area contributed by atoms with Gasteiger partial charge in [-0.05, 0) is 102 Å². The van der Waals surface area contributed by atoms with Crippen molar-refractivity contribution in [2.24, 2.45) is 0 Å². The smallest absolute Gasteiger partial charge is 0.125 e. The Balaban J connectivity index is 0.000000320. The molecule has 337 valence electrons. The molecular weight excluding hydrogens is 976 g/mol. The number of halogens is 1. The van der Waals surface area contributed by atoms with Crippen molar-refractivity contribution < 1.29 is 33.0 Å². The molecule has 1 aliphatic rings. The van der Waals surface area contributed by atoms with Crippen molar-refractivity contribution >= 4 is 21.9 Å². The van der Waals surface area contributed by atoms with Crippen LogP contribution < -0.4 is 0 Å². The Kier molecular flexibility index (Phi) is 12.0. The van der Waals surface area contributed by atoms with Gasteiger partial charge in [0.2, 0.25) is 0 Å². The summed E-state index contributed by atoms with van der Waals surface area (Å²) in [5.74, 6) is 0.456. The van der Waals surface area contributed by atoms with Gasteiger partial charge in [0.25, 0.3) is 0 Å². The van der Waals surface area contributed by atoms with Gasteiger partial charge in [0.1, 0.15) is 5.58 Å². The summed E-state index contributed by atoms with van der Waals surface area (Å²) in [6, 6.07) is 38.5. The number of benzene rings is 5. The molecule has 3 nitrogen and oxygen atoms in total. The summed E-state index contributed by atoms with van der Waals surface area (Å²) in [6.45, 7) is 26.6. The van der Waals surface area contributed by atoms with Crippen LogP contribution in [-0.4, -0.2) is 9.97 Å². The largest absolute Gasteiger partial charge is 0.500 e. The molecule has 3 aromatic heterocycles. The Bertz CT molecular complexity index is 3110. The summed E-state index contributed by atoms with van der Waals surface area (Å²) in [7, 11) is 0. The van der Waals surface area contributed by atoms with E-state index in [-0.39, 0.29) is 59.6 Å². The Morgan fingerprint density at radius 3 is 1.95 bits per heavy atom. The van der Waals surface area contributed by atoms with E-state index < -0.39 is 6.85 Å². The summed E-state index contributed by atoms with van der Waals surface area (Å²) < 4.78 is 45.5. The van der Waals surface area contributed by atoms with Crippen molar-refractivity contribution in [2.45, 2.75) is 131 Å². The van der Waals surface area contributed by atoms with Crippen LogP contribution in [0.2, 0.25) is 0 Å². The number of aryl methyl sites for hydroxylation is 1. The molecule has 0 spiro atoms. The zero-order valence-corrected chi connectivity index (χ0v) is 42.5. The fourth-order valence-corrected chi connectivity index (χ4v) is 9.38. The molecule has 0 bridgehead atoms. The van der Waals surface area contributed by atoms with Crippen molar-refractivity contribution in [3.05, 3.63) is 166 Å². The normalized spacial score (nSPS) is 14.9. The third-order valence-electron chi connectivity index (χ3n) is 13.9. The minimum Gasteiger partial charge on any atom is -0.500 e. The van der Waals surface area contributed by atoms with Gasteiger partial charge in [0, 0.05) is 58.8 Å². The van der Waals surface area contributed by atoms with Crippen molar-refractivity contribution in [1.82, 2.24) is 9.97 Å². The van der Waals surface area contributed by atoms with Gasteiger partial charge in [-0.1, -0.05) is 168 Å². The van der Waals surface area contributed by atoms with Gasteiger partial charge in [0.15, 0.2) is 0 Å². The van der Waals surface area contributed by atoms with Crippen molar-refractivity contribution in [3.63, 3.8) is 0 Å². The average Bonchev–Trinajstić information content (AvgIpc) is 3.66. The number of aromatic nitrogens is 2. The number of fused-ring (bicyclic) bond motifs is 7. The van der Waals surface area contributed by atoms with Crippen LogP contribution >= 0.6 is 0 Å². The van der Waals surface area contributed by atoms with Crippen LogP contribution in [0.15, 0.2) is 114 Å². The minimum atomic E-state index is -2.34. The molecule has 0 saturated heterocycles. The number of rotatable bonds is 6. The second kappa shape index (κ2) is 17.9. The van der Waals surface area contributed by atoms with E-state index in [2.05, 4.69) is 168 Å². The van der Waals surface area contributed by atoms with Gasteiger partial charge in [-0.25, -0.2) is 0 Å². The van der Waals surface area contributed by atoms with Gasteiger partial charge in [0.05, 0.1) is 5.58 Å². The summed E-state index contributed by atoms with van der Waals surface area (Å²) in [5, 5.41) is 2.06. The molecule has 1 aliphatic carbocycles. The van der Waals surface area contributed by atoms with Crippen molar-refractivity contribution in [3.8, 4) is 44.8 Å². The molecular formula is C60H63FIrN2O-2. The zero-order valence-electron chi connectivity index (χ0n) is 43.1.